The Kier molecular flexibility index (Phi) is 6.81. The molecule has 0 radical (unpaired) electrons. The van der Waals surface area contributed by atoms with Crippen LogP contribution in [0, 0.1) is 5.92 Å². The molecule has 144 valence electrons. The lowest BCUT2D eigenvalue weighted by atomic mass is 9.75. The van der Waals surface area contributed by atoms with E-state index in [0.717, 1.165) is 14.2 Å². The van der Waals surface area contributed by atoms with Gasteiger partial charge in [-0.15, -0.1) is 0 Å². The van der Waals surface area contributed by atoms with Crippen LogP contribution < -0.4 is 5.73 Å². The average molecular weight is 371 g/mol. The first-order valence-electron chi connectivity index (χ1n) is 7.38. The molecule has 3 unspecified atom stereocenters. The standard InChI is InChI=1S/C16H21NO9/c1-25-16(26-2,9-6-4-3-5-7-9)12(17)11(13(20)21)15(24,14(22)23)8-10(18)19/h3-7,11-12,24H,8,17H2,1-2H3,(H,18,19)(H,20,21)(H,22,23). The second-order valence-corrected chi connectivity index (χ2v) is 5.58. The van der Waals surface area contributed by atoms with Crippen LogP contribution >= 0.6 is 0 Å². The lowest BCUT2D eigenvalue weighted by Gasteiger charge is -2.42. The number of methoxy groups -OCH3 is 2. The summed E-state index contributed by atoms with van der Waals surface area (Å²) in [5.74, 6) is -9.80. The summed E-state index contributed by atoms with van der Waals surface area (Å²) >= 11 is 0. The highest BCUT2D eigenvalue weighted by atomic mass is 16.7. The molecule has 26 heavy (non-hydrogen) atoms. The first kappa shape index (κ1) is 21.5. The number of aliphatic carboxylic acids is 3. The van der Waals surface area contributed by atoms with Crippen molar-refractivity contribution in [1.29, 1.82) is 0 Å². The summed E-state index contributed by atoms with van der Waals surface area (Å²) < 4.78 is 10.6. The van der Waals surface area contributed by atoms with Gasteiger partial charge >= 0.3 is 17.9 Å². The van der Waals surface area contributed by atoms with Crippen molar-refractivity contribution in [2.45, 2.75) is 23.9 Å². The summed E-state index contributed by atoms with van der Waals surface area (Å²) in [6.07, 6.45) is -1.38. The maximum absolute atomic E-state index is 11.8. The van der Waals surface area contributed by atoms with E-state index in [-0.39, 0.29) is 5.56 Å². The third-order valence-corrected chi connectivity index (χ3v) is 4.15. The summed E-state index contributed by atoms with van der Waals surface area (Å²) in [7, 11) is 2.32. The zero-order chi connectivity index (χ0) is 20.1. The molecule has 0 aliphatic carbocycles. The molecule has 1 rings (SSSR count). The van der Waals surface area contributed by atoms with Crippen LogP contribution in [-0.4, -0.2) is 64.2 Å². The number of benzene rings is 1. The van der Waals surface area contributed by atoms with Crippen molar-refractivity contribution in [1.82, 2.24) is 0 Å². The van der Waals surface area contributed by atoms with Gasteiger partial charge < -0.3 is 35.6 Å². The summed E-state index contributed by atoms with van der Waals surface area (Å²) in [5.41, 5.74) is 3.06. The van der Waals surface area contributed by atoms with Crippen molar-refractivity contribution in [3.05, 3.63) is 35.9 Å². The highest BCUT2D eigenvalue weighted by molar-refractivity contribution is 5.90. The predicted molar refractivity (Wildman–Crippen MR) is 86.1 cm³/mol. The Morgan fingerprint density at radius 1 is 1.08 bits per heavy atom. The van der Waals surface area contributed by atoms with Crippen molar-refractivity contribution < 1.29 is 44.3 Å². The second kappa shape index (κ2) is 8.23. The maximum atomic E-state index is 11.8. The topological polar surface area (TPSA) is 177 Å². The third-order valence-electron chi connectivity index (χ3n) is 4.15. The van der Waals surface area contributed by atoms with Gasteiger partial charge in [0.05, 0.1) is 12.5 Å². The lowest BCUT2D eigenvalue weighted by Crippen LogP contribution is -2.64. The van der Waals surface area contributed by atoms with Gasteiger partial charge in [-0.05, 0) is 0 Å². The lowest BCUT2D eigenvalue weighted by molar-refractivity contribution is -0.249. The number of nitrogens with two attached hydrogens (primary N) is 1. The van der Waals surface area contributed by atoms with Crippen LogP contribution in [0.5, 0.6) is 0 Å². The molecule has 10 heteroatoms. The fraction of sp³-hybridized carbons (Fsp3) is 0.438. The van der Waals surface area contributed by atoms with E-state index < -0.39 is 47.7 Å². The minimum Gasteiger partial charge on any atom is -0.481 e. The van der Waals surface area contributed by atoms with E-state index in [2.05, 4.69) is 0 Å². The largest absolute Gasteiger partial charge is 0.481 e. The SMILES string of the molecule is COC(OC)(c1ccccc1)C(N)C(C(=O)O)C(O)(CC(=O)O)C(=O)O. The zero-order valence-corrected chi connectivity index (χ0v) is 14.2. The van der Waals surface area contributed by atoms with E-state index >= 15 is 0 Å². The molecular formula is C16H21NO9. The van der Waals surface area contributed by atoms with Gasteiger partial charge in [-0.1, -0.05) is 30.3 Å². The number of hydrogen-bond donors (Lipinski definition) is 5. The summed E-state index contributed by atoms with van der Waals surface area (Å²) in [6.45, 7) is 0. The number of carbonyl (C=O) groups is 3. The summed E-state index contributed by atoms with van der Waals surface area (Å²) in [5, 5.41) is 38.2. The average Bonchev–Trinajstić information content (AvgIpc) is 2.56. The molecule has 0 aromatic heterocycles. The Hall–Kier alpha value is -2.53. The van der Waals surface area contributed by atoms with Crippen LogP contribution in [0.4, 0.5) is 0 Å². The molecule has 10 nitrogen and oxygen atoms in total. The van der Waals surface area contributed by atoms with Crippen LogP contribution in [0.1, 0.15) is 12.0 Å². The fourth-order valence-corrected chi connectivity index (χ4v) is 2.88. The van der Waals surface area contributed by atoms with Crippen LogP contribution in [0.25, 0.3) is 0 Å². The smallest absolute Gasteiger partial charge is 0.337 e. The predicted octanol–water partition coefficient (Wildman–Crippen LogP) is -0.549. The van der Waals surface area contributed by atoms with E-state index in [1.165, 1.54) is 12.1 Å². The van der Waals surface area contributed by atoms with Gasteiger partial charge in [-0.2, -0.15) is 0 Å². The molecule has 0 fully saturated rings. The Labute approximate surface area is 148 Å². The van der Waals surface area contributed by atoms with Crippen molar-refractivity contribution >= 4 is 17.9 Å². The van der Waals surface area contributed by atoms with E-state index in [1.807, 2.05) is 0 Å². The van der Waals surface area contributed by atoms with Crippen molar-refractivity contribution in [2.75, 3.05) is 14.2 Å². The molecule has 0 spiro atoms. The Morgan fingerprint density at radius 2 is 1.58 bits per heavy atom. The van der Waals surface area contributed by atoms with Gasteiger partial charge in [0.1, 0.15) is 5.92 Å². The summed E-state index contributed by atoms with van der Waals surface area (Å²) in [4.78, 5) is 34.3. The quantitative estimate of drug-likeness (QED) is 0.335. The Morgan fingerprint density at radius 3 is 1.92 bits per heavy atom. The number of ether oxygens (including phenoxy) is 2. The van der Waals surface area contributed by atoms with Crippen LogP contribution in [0.3, 0.4) is 0 Å². The van der Waals surface area contributed by atoms with E-state index in [1.54, 1.807) is 18.2 Å². The minimum absolute atomic E-state index is 0.256. The normalized spacial score (nSPS) is 16.3. The third kappa shape index (κ3) is 3.83. The molecule has 0 bridgehead atoms. The molecule has 0 amide bonds. The number of carboxylic acids is 3. The van der Waals surface area contributed by atoms with Gasteiger partial charge in [-0.3, -0.25) is 9.59 Å². The van der Waals surface area contributed by atoms with E-state index in [0.29, 0.717) is 0 Å². The first-order chi connectivity index (χ1) is 12.1. The molecule has 0 saturated carbocycles. The number of carboxylic acid groups (broad SMARTS) is 3. The van der Waals surface area contributed by atoms with Crippen molar-refractivity contribution in [3.8, 4) is 0 Å². The Bertz CT molecular complexity index is 659. The van der Waals surface area contributed by atoms with Crippen LogP contribution in [0.15, 0.2) is 30.3 Å². The van der Waals surface area contributed by atoms with Crippen LogP contribution in [0.2, 0.25) is 0 Å². The summed E-state index contributed by atoms with van der Waals surface area (Å²) in [6, 6.07) is 6.07. The molecule has 1 aromatic rings. The molecule has 0 saturated heterocycles. The molecule has 0 heterocycles. The monoisotopic (exact) mass is 371 g/mol. The van der Waals surface area contributed by atoms with E-state index in [9.17, 15) is 29.7 Å². The van der Waals surface area contributed by atoms with Gasteiger partial charge in [0.2, 0.25) is 5.79 Å². The molecule has 0 aliphatic heterocycles. The molecule has 6 N–H and O–H groups in total. The van der Waals surface area contributed by atoms with Crippen LogP contribution in [-0.2, 0) is 29.6 Å². The molecular weight excluding hydrogens is 350 g/mol. The minimum atomic E-state index is -3.20. The Balaban J connectivity index is 3.57. The maximum Gasteiger partial charge on any atom is 0.337 e. The van der Waals surface area contributed by atoms with Gasteiger partial charge in [0, 0.05) is 19.8 Å². The molecule has 3 atom stereocenters. The van der Waals surface area contributed by atoms with Gasteiger partial charge in [0.25, 0.3) is 0 Å². The highest BCUT2D eigenvalue weighted by Gasteiger charge is 2.58. The van der Waals surface area contributed by atoms with Crippen molar-refractivity contribution in [2.24, 2.45) is 11.7 Å². The molecule has 1 aromatic carbocycles. The van der Waals surface area contributed by atoms with Gasteiger partial charge in [0.15, 0.2) is 5.60 Å². The number of rotatable bonds is 10. The number of hydrogen-bond acceptors (Lipinski definition) is 7. The highest BCUT2D eigenvalue weighted by Crippen LogP contribution is 2.37. The van der Waals surface area contributed by atoms with E-state index in [4.69, 9.17) is 20.3 Å². The fourth-order valence-electron chi connectivity index (χ4n) is 2.88. The second-order valence-electron chi connectivity index (χ2n) is 5.58. The number of aliphatic hydroxyl groups is 1. The first-order valence-corrected chi connectivity index (χ1v) is 7.38. The molecule has 0 aliphatic rings. The van der Waals surface area contributed by atoms with Gasteiger partial charge in [-0.25, -0.2) is 4.79 Å². The zero-order valence-electron chi connectivity index (χ0n) is 14.2. The van der Waals surface area contributed by atoms with Crippen molar-refractivity contribution in [3.63, 3.8) is 0 Å².